The summed E-state index contributed by atoms with van der Waals surface area (Å²) < 4.78 is 6.47. The molecule has 0 atom stereocenters. The standard InChI is InChI=1S/C28H27N5O4/c34-26(32-15-13-31(14-16-32)18-21-7-3-1-4-8-21)23-11-12-25-29-17-24(27(35)33(25)19-23)30-28(36)37-20-22-9-5-2-6-10-22/h1-12,17,19H,13-16,18,20H2,(H,30,36). The summed E-state index contributed by atoms with van der Waals surface area (Å²) in [5, 5.41) is 2.45. The molecule has 0 radical (unpaired) electrons. The van der Waals surface area contributed by atoms with Gasteiger partial charge in [0.05, 0.1) is 11.8 Å². The highest BCUT2D eigenvalue weighted by Gasteiger charge is 2.23. The zero-order chi connectivity index (χ0) is 25.6. The van der Waals surface area contributed by atoms with Crippen molar-refractivity contribution in [1.29, 1.82) is 0 Å². The molecule has 1 fully saturated rings. The molecular formula is C28H27N5O4. The summed E-state index contributed by atoms with van der Waals surface area (Å²) in [5.41, 5.74) is 2.31. The van der Waals surface area contributed by atoms with Crippen LogP contribution in [0.3, 0.4) is 0 Å². The Morgan fingerprint density at radius 2 is 1.54 bits per heavy atom. The molecule has 1 aliphatic heterocycles. The van der Waals surface area contributed by atoms with Gasteiger partial charge in [0.1, 0.15) is 17.9 Å². The quantitative estimate of drug-likeness (QED) is 0.439. The first-order chi connectivity index (χ1) is 18.1. The Hall–Kier alpha value is -4.50. The number of nitrogens with zero attached hydrogens (tertiary/aromatic N) is 4. The lowest BCUT2D eigenvalue weighted by Crippen LogP contribution is -2.48. The van der Waals surface area contributed by atoms with E-state index < -0.39 is 11.7 Å². The smallest absolute Gasteiger partial charge is 0.412 e. The average molecular weight is 498 g/mol. The third-order valence-electron chi connectivity index (χ3n) is 6.31. The van der Waals surface area contributed by atoms with E-state index in [1.165, 1.54) is 22.4 Å². The number of pyridine rings is 1. The maximum atomic E-state index is 13.2. The van der Waals surface area contributed by atoms with Crippen molar-refractivity contribution in [3.8, 4) is 0 Å². The van der Waals surface area contributed by atoms with E-state index in [2.05, 4.69) is 27.3 Å². The lowest BCUT2D eigenvalue weighted by molar-refractivity contribution is 0.0628. The van der Waals surface area contributed by atoms with Gasteiger partial charge in [0.15, 0.2) is 0 Å². The lowest BCUT2D eigenvalue weighted by Gasteiger charge is -2.34. The number of carbonyl (C=O) groups is 2. The molecule has 0 bridgehead atoms. The van der Waals surface area contributed by atoms with E-state index in [1.807, 2.05) is 48.5 Å². The third kappa shape index (κ3) is 5.84. The molecule has 3 heterocycles. The molecule has 1 N–H and O–H groups in total. The normalized spacial score (nSPS) is 13.9. The number of benzene rings is 2. The molecular weight excluding hydrogens is 470 g/mol. The molecule has 2 amide bonds. The molecule has 9 heteroatoms. The fraction of sp³-hybridized carbons (Fsp3) is 0.214. The molecule has 2 aromatic carbocycles. The molecule has 1 saturated heterocycles. The Labute approximate surface area is 213 Å². The van der Waals surface area contributed by atoms with E-state index in [0.29, 0.717) is 24.3 Å². The minimum absolute atomic E-state index is 0.0327. The number of piperazine rings is 1. The number of anilines is 1. The summed E-state index contributed by atoms with van der Waals surface area (Å²) in [6.07, 6.45) is 2.00. The van der Waals surface area contributed by atoms with Crippen LogP contribution in [0.4, 0.5) is 10.5 Å². The molecule has 37 heavy (non-hydrogen) atoms. The van der Waals surface area contributed by atoms with Gasteiger partial charge in [-0.05, 0) is 23.3 Å². The van der Waals surface area contributed by atoms with Crippen LogP contribution in [0.1, 0.15) is 21.5 Å². The van der Waals surface area contributed by atoms with Gasteiger partial charge in [0.2, 0.25) is 0 Å². The molecule has 1 aliphatic rings. The highest BCUT2D eigenvalue weighted by atomic mass is 16.5. The van der Waals surface area contributed by atoms with E-state index >= 15 is 0 Å². The molecule has 9 nitrogen and oxygen atoms in total. The van der Waals surface area contributed by atoms with Crippen LogP contribution >= 0.6 is 0 Å². The van der Waals surface area contributed by atoms with E-state index in [4.69, 9.17) is 4.74 Å². The number of hydrogen-bond donors (Lipinski definition) is 1. The fourth-order valence-electron chi connectivity index (χ4n) is 4.29. The molecule has 188 valence electrons. The van der Waals surface area contributed by atoms with Crippen LogP contribution in [0, 0.1) is 0 Å². The number of carbonyl (C=O) groups excluding carboxylic acids is 2. The number of nitrogens with one attached hydrogen (secondary N) is 1. The van der Waals surface area contributed by atoms with Crippen LogP contribution in [0.25, 0.3) is 5.65 Å². The summed E-state index contributed by atoms with van der Waals surface area (Å²) in [6.45, 7) is 3.68. The number of ether oxygens (including phenoxy) is 1. The van der Waals surface area contributed by atoms with Crippen molar-refractivity contribution in [3.63, 3.8) is 0 Å². The van der Waals surface area contributed by atoms with Crippen molar-refractivity contribution in [2.75, 3.05) is 31.5 Å². The second-order valence-electron chi connectivity index (χ2n) is 8.86. The van der Waals surface area contributed by atoms with Crippen molar-refractivity contribution in [1.82, 2.24) is 19.2 Å². The van der Waals surface area contributed by atoms with Crippen LogP contribution in [0.5, 0.6) is 0 Å². The number of fused-ring (bicyclic) bond motifs is 1. The van der Waals surface area contributed by atoms with Gasteiger partial charge in [0.25, 0.3) is 11.5 Å². The van der Waals surface area contributed by atoms with Gasteiger partial charge in [-0.3, -0.25) is 24.2 Å². The SMILES string of the molecule is O=C(Nc1cnc2ccc(C(=O)N3CCN(Cc4ccccc4)CC3)cn2c1=O)OCc1ccccc1. The fourth-order valence-corrected chi connectivity index (χ4v) is 4.29. The predicted octanol–water partition coefficient (Wildman–Crippen LogP) is 3.40. The Morgan fingerprint density at radius 1 is 0.865 bits per heavy atom. The first kappa shape index (κ1) is 24.2. The Bertz CT molecular complexity index is 1450. The van der Waals surface area contributed by atoms with Crippen LogP contribution in [0.15, 0.2) is 90.0 Å². The minimum atomic E-state index is -0.761. The molecule has 2 aromatic heterocycles. The van der Waals surface area contributed by atoms with Gasteiger partial charge in [0, 0.05) is 38.9 Å². The van der Waals surface area contributed by atoms with Gasteiger partial charge in [-0.1, -0.05) is 60.7 Å². The monoisotopic (exact) mass is 497 g/mol. The van der Waals surface area contributed by atoms with E-state index in [-0.39, 0.29) is 18.2 Å². The average Bonchev–Trinajstić information content (AvgIpc) is 2.94. The molecule has 0 unspecified atom stereocenters. The predicted molar refractivity (Wildman–Crippen MR) is 139 cm³/mol. The van der Waals surface area contributed by atoms with E-state index in [1.54, 1.807) is 17.0 Å². The molecule has 0 saturated carbocycles. The van der Waals surface area contributed by atoms with Gasteiger partial charge < -0.3 is 9.64 Å². The molecule has 4 aromatic rings. The largest absolute Gasteiger partial charge is 0.444 e. The molecule has 0 aliphatic carbocycles. The summed E-state index contributed by atoms with van der Waals surface area (Å²) >= 11 is 0. The van der Waals surface area contributed by atoms with Crippen molar-refractivity contribution in [2.45, 2.75) is 13.2 Å². The summed E-state index contributed by atoms with van der Waals surface area (Å²) in [7, 11) is 0. The minimum Gasteiger partial charge on any atom is -0.444 e. The summed E-state index contributed by atoms with van der Waals surface area (Å²) in [6, 6.07) is 22.8. The lowest BCUT2D eigenvalue weighted by atomic mass is 10.2. The molecule has 5 rings (SSSR count). The third-order valence-corrected chi connectivity index (χ3v) is 6.31. The number of aromatic nitrogens is 2. The Kier molecular flexibility index (Phi) is 7.23. The van der Waals surface area contributed by atoms with Crippen LogP contribution in [-0.2, 0) is 17.9 Å². The zero-order valence-corrected chi connectivity index (χ0v) is 20.2. The number of rotatable bonds is 6. The maximum Gasteiger partial charge on any atom is 0.412 e. The second-order valence-corrected chi connectivity index (χ2v) is 8.86. The first-order valence-corrected chi connectivity index (χ1v) is 12.1. The highest BCUT2D eigenvalue weighted by Crippen LogP contribution is 2.13. The number of hydrogen-bond acceptors (Lipinski definition) is 6. The maximum absolute atomic E-state index is 13.2. The van der Waals surface area contributed by atoms with E-state index in [0.717, 1.165) is 25.2 Å². The highest BCUT2D eigenvalue weighted by molar-refractivity contribution is 5.94. The second kappa shape index (κ2) is 11.0. The van der Waals surface area contributed by atoms with Crippen LogP contribution < -0.4 is 10.9 Å². The first-order valence-electron chi connectivity index (χ1n) is 12.1. The van der Waals surface area contributed by atoms with Crippen molar-refractivity contribution >= 4 is 23.3 Å². The Balaban J connectivity index is 1.23. The topological polar surface area (TPSA) is 96.3 Å². The van der Waals surface area contributed by atoms with Crippen molar-refractivity contribution in [2.24, 2.45) is 0 Å². The van der Waals surface area contributed by atoms with Gasteiger partial charge in [-0.2, -0.15) is 0 Å². The number of amides is 2. The zero-order valence-electron chi connectivity index (χ0n) is 20.2. The van der Waals surface area contributed by atoms with Crippen molar-refractivity contribution < 1.29 is 14.3 Å². The molecule has 0 spiro atoms. The summed E-state index contributed by atoms with van der Waals surface area (Å²) in [5.74, 6) is -0.145. The van der Waals surface area contributed by atoms with Gasteiger partial charge in [-0.25, -0.2) is 9.78 Å². The van der Waals surface area contributed by atoms with Crippen LogP contribution in [0.2, 0.25) is 0 Å². The van der Waals surface area contributed by atoms with E-state index in [9.17, 15) is 14.4 Å². The van der Waals surface area contributed by atoms with Crippen molar-refractivity contribution in [3.05, 3.63) is 112 Å². The van der Waals surface area contributed by atoms with Gasteiger partial charge in [-0.15, -0.1) is 0 Å². The summed E-state index contributed by atoms with van der Waals surface area (Å²) in [4.78, 5) is 46.8. The van der Waals surface area contributed by atoms with Crippen LogP contribution in [-0.4, -0.2) is 57.4 Å². The van der Waals surface area contributed by atoms with Gasteiger partial charge >= 0.3 is 6.09 Å². The Morgan fingerprint density at radius 3 is 2.24 bits per heavy atom.